The number of rotatable bonds is 6. The first-order chi connectivity index (χ1) is 11.6. The van der Waals surface area contributed by atoms with Crippen molar-refractivity contribution < 1.29 is 4.92 Å². The predicted molar refractivity (Wildman–Crippen MR) is 97.6 cm³/mol. The monoisotopic (exact) mass is 342 g/mol. The van der Waals surface area contributed by atoms with E-state index in [2.05, 4.69) is 21.3 Å². The summed E-state index contributed by atoms with van der Waals surface area (Å²) >= 11 is 1.68. The summed E-state index contributed by atoms with van der Waals surface area (Å²) in [5, 5.41) is 17.4. The van der Waals surface area contributed by atoms with Crippen LogP contribution >= 0.6 is 11.3 Å². The minimum Gasteiger partial charge on any atom is -0.378 e. The fourth-order valence-electron chi connectivity index (χ4n) is 2.70. The van der Waals surface area contributed by atoms with E-state index >= 15 is 0 Å². The number of benzene rings is 1. The summed E-state index contributed by atoms with van der Waals surface area (Å²) in [5.41, 5.74) is 1.21. The molecule has 2 heterocycles. The van der Waals surface area contributed by atoms with Gasteiger partial charge < -0.3 is 10.2 Å². The molecular formula is C17H18N4O2S. The SMILES string of the molecule is CN(C)[C@H](CNc1ccc2ncccc2c1[N+](=O)[O-])c1cccs1. The molecule has 0 spiro atoms. The van der Waals surface area contributed by atoms with Gasteiger partial charge in [-0.15, -0.1) is 11.3 Å². The standard InChI is InChI=1S/C17H18N4O2S/c1-20(2)15(16-6-4-10-24-16)11-19-14-8-7-13-12(5-3-9-18-13)17(14)21(22)23/h3-10,15,19H,11H2,1-2H3/t15-/m1/s1. The minimum atomic E-state index is -0.345. The van der Waals surface area contributed by atoms with Gasteiger partial charge in [0.2, 0.25) is 0 Å². The van der Waals surface area contributed by atoms with E-state index in [0.717, 1.165) is 0 Å². The quantitative estimate of drug-likeness (QED) is 0.543. The third-order valence-corrected chi connectivity index (χ3v) is 4.89. The number of aromatic nitrogens is 1. The summed E-state index contributed by atoms with van der Waals surface area (Å²) in [7, 11) is 4.01. The first-order valence-electron chi connectivity index (χ1n) is 7.53. The molecular weight excluding hydrogens is 324 g/mol. The van der Waals surface area contributed by atoms with Crippen LogP contribution in [0.25, 0.3) is 10.9 Å². The van der Waals surface area contributed by atoms with Gasteiger partial charge in [-0.3, -0.25) is 15.1 Å². The van der Waals surface area contributed by atoms with Crippen molar-refractivity contribution in [2.45, 2.75) is 6.04 Å². The van der Waals surface area contributed by atoms with E-state index < -0.39 is 0 Å². The molecule has 0 saturated carbocycles. The number of likely N-dealkylation sites (N-methyl/N-ethyl adjacent to an activating group) is 1. The van der Waals surface area contributed by atoms with Crippen molar-refractivity contribution in [2.75, 3.05) is 26.0 Å². The van der Waals surface area contributed by atoms with Crippen molar-refractivity contribution in [1.29, 1.82) is 0 Å². The van der Waals surface area contributed by atoms with Gasteiger partial charge >= 0.3 is 5.69 Å². The van der Waals surface area contributed by atoms with Gasteiger partial charge in [-0.2, -0.15) is 0 Å². The number of nitro groups is 1. The Balaban J connectivity index is 1.92. The van der Waals surface area contributed by atoms with Gasteiger partial charge in [0.05, 0.1) is 21.9 Å². The number of nitrogens with one attached hydrogen (secondary N) is 1. The zero-order valence-corrected chi connectivity index (χ0v) is 14.3. The number of fused-ring (bicyclic) bond motifs is 1. The van der Waals surface area contributed by atoms with Gasteiger partial charge in [0.15, 0.2) is 0 Å². The van der Waals surface area contributed by atoms with Crippen LogP contribution in [-0.2, 0) is 0 Å². The molecule has 1 atom stereocenters. The average Bonchev–Trinajstić information content (AvgIpc) is 3.08. The Morgan fingerprint density at radius 2 is 2.12 bits per heavy atom. The molecule has 3 aromatic rings. The van der Waals surface area contributed by atoms with Crippen LogP contribution in [-0.4, -0.2) is 35.4 Å². The number of anilines is 1. The summed E-state index contributed by atoms with van der Waals surface area (Å²) in [5.74, 6) is 0. The molecule has 0 fully saturated rings. The van der Waals surface area contributed by atoms with Crippen LogP contribution in [0.3, 0.4) is 0 Å². The van der Waals surface area contributed by atoms with Crippen molar-refractivity contribution in [3.63, 3.8) is 0 Å². The molecule has 0 amide bonds. The summed E-state index contributed by atoms with van der Waals surface area (Å²) in [4.78, 5) is 18.7. The molecule has 0 radical (unpaired) electrons. The molecule has 0 aliphatic rings. The van der Waals surface area contributed by atoms with Gasteiger partial charge in [-0.1, -0.05) is 6.07 Å². The third kappa shape index (κ3) is 3.22. The second-order valence-electron chi connectivity index (χ2n) is 5.66. The lowest BCUT2D eigenvalue weighted by atomic mass is 10.1. The van der Waals surface area contributed by atoms with Crippen LogP contribution in [0.15, 0.2) is 48.0 Å². The molecule has 0 unspecified atom stereocenters. The maximum Gasteiger partial charge on any atom is 0.301 e. The molecule has 0 saturated heterocycles. The van der Waals surface area contributed by atoms with Crippen molar-refractivity contribution in [2.24, 2.45) is 0 Å². The lowest BCUT2D eigenvalue weighted by molar-refractivity contribution is -0.382. The largest absolute Gasteiger partial charge is 0.378 e. The Labute approximate surface area is 143 Å². The average molecular weight is 342 g/mol. The maximum absolute atomic E-state index is 11.6. The Kier molecular flexibility index (Phi) is 4.73. The van der Waals surface area contributed by atoms with Gasteiger partial charge in [-0.05, 0) is 49.8 Å². The Bertz CT molecular complexity index is 849. The van der Waals surface area contributed by atoms with Crippen LogP contribution in [0, 0.1) is 10.1 Å². The fourth-order valence-corrected chi connectivity index (χ4v) is 3.62. The third-order valence-electron chi connectivity index (χ3n) is 3.92. The minimum absolute atomic E-state index is 0.0734. The first kappa shape index (κ1) is 16.4. The molecule has 7 heteroatoms. The summed E-state index contributed by atoms with van der Waals surface area (Å²) in [6.45, 7) is 0.583. The molecule has 2 aromatic heterocycles. The Morgan fingerprint density at radius 1 is 1.29 bits per heavy atom. The zero-order chi connectivity index (χ0) is 17.1. The van der Waals surface area contributed by atoms with E-state index in [1.54, 1.807) is 41.8 Å². The zero-order valence-electron chi connectivity index (χ0n) is 13.5. The first-order valence-corrected chi connectivity index (χ1v) is 8.41. The highest BCUT2D eigenvalue weighted by Gasteiger charge is 2.21. The summed E-state index contributed by atoms with van der Waals surface area (Å²) in [6.07, 6.45) is 1.64. The van der Waals surface area contributed by atoms with E-state index in [0.29, 0.717) is 23.1 Å². The number of hydrogen-bond acceptors (Lipinski definition) is 6. The Morgan fingerprint density at radius 3 is 2.79 bits per heavy atom. The lowest BCUT2D eigenvalue weighted by Crippen LogP contribution is -2.26. The molecule has 6 nitrogen and oxygen atoms in total. The summed E-state index contributed by atoms with van der Waals surface area (Å²) < 4.78 is 0. The van der Waals surface area contributed by atoms with E-state index in [4.69, 9.17) is 0 Å². The highest BCUT2D eigenvalue weighted by Crippen LogP contribution is 2.33. The van der Waals surface area contributed by atoms with E-state index in [9.17, 15) is 10.1 Å². The topological polar surface area (TPSA) is 71.3 Å². The lowest BCUT2D eigenvalue weighted by Gasteiger charge is -2.24. The van der Waals surface area contributed by atoms with Gasteiger partial charge in [0, 0.05) is 17.6 Å². The van der Waals surface area contributed by atoms with Gasteiger partial charge in [-0.25, -0.2) is 0 Å². The highest BCUT2D eigenvalue weighted by atomic mass is 32.1. The van der Waals surface area contributed by atoms with Crippen LogP contribution in [0.5, 0.6) is 0 Å². The molecule has 0 bridgehead atoms. The predicted octanol–water partition coefficient (Wildman–Crippen LogP) is 3.92. The van der Waals surface area contributed by atoms with Crippen molar-refractivity contribution >= 4 is 33.6 Å². The Hall–Kier alpha value is -2.51. The number of nitrogens with zero attached hydrogens (tertiary/aromatic N) is 3. The fraction of sp³-hybridized carbons (Fsp3) is 0.235. The van der Waals surface area contributed by atoms with E-state index in [1.807, 2.05) is 25.5 Å². The van der Waals surface area contributed by atoms with Crippen molar-refractivity contribution in [1.82, 2.24) is 9.88 Å². The number of hydrogen-bond donors (Lipinski definition) is 1. The number of pyridine rings is 1. The number of nitro benzene ring substituents is 1. The van der Waals surface area contributed by atoms with E-state index in [-0.39, 0.29) is 16.7 Å². The van der Waals surface area contributed by atoms with Crippen molar-refractivity contribution in [3.05, 3.63) is 63.0 Å². The number of thiophene rings is 1. The van der Waals surface area contributed by atoms with Crippen LogP contribution in [0.4, 0.5) is 11.4 Å². The second-order valence-corrected chi connectivity index (χ2v) is 6.64. The van der Waals surface area contributed by atoms with E-state index in [1.165, 1.54) is 4.88 Å². The molecule has 0 aliphatic heterocycles. The van der Waals surface area contributed by atoms with Gasteiger partial charge in [0.25, 0.3) is 0 Å². The molecule has 3 rings (SSSR count). The molecule has 1 N–H and O–H groups in total. The molecule has 24 heavy (non-hydrogen) atoms. The smallest absolute Gasteiger partial charge is 0.301 e. The molecule has 124 valence electrons. The molecule has 1 aromatic carbocycles. The summed E-state index contributed by atoms with van der Waals surface area (Å²) in [6, 6.07) is 11.2. The van der Waals surface area contributed by atoms with Crippen LogP contribution in [0.2, 0.25) is 0 Å². The van der Waals surface area contributed by atoms with Crippen molar-refractivity contribution in [3.8, 4) is 0 Å². The normalized spacial score (nSPS) is 12.5. The molecule has 0 aliphatic carbocycles. The maximum atomic E-state index is 11.6. The highest BCUT2D eigenvalue weighted by molar-refractivity contribution is 7.10. The van der Waals surface area contributed by atoms with Gasteiger partial charge in [0.1, 0.15) is 5.69 Å². The van der Waals surface area contributed by atoms with Crippen LogP contribution in [0.1, 0.15) is 10.9 Å². The van der Waals surface area contributed by atoms with Crippen LogP contribution < -0.4 is 5.32 Å². The second kappa shape index (κ2) is 6.94.